The van der Waals surface area contributed by atoms with Gasteiger partial charge in [0.25, 0.3) is 5.89 Å². The van der Waals surface area contributed by atoms with Gasteiger partial charge < -0.3 is 10.3 Å². The van der Waals surface area contributed by atoms with Gasteiger partial charge in [-0.15, -0.1) is 0 Å². The quantitative estimate of drug-likeness (QED) is 0.729. The van der Waals surface area contributed by atoms with Crippen LogP contribution in [-0.2, 0) is 0 Å². The second kappa shape index (κ2) is 4.94. The van der Waals surface area contributed by atoms with Crippen molar-refractivity contribution < 1.29 is 8.91 Å². The predicted octanol–water partition coefficient (Wildman–Crippen LogP) is 3.78. The first-order valence-corrected chi connectivity index (χ1v) is 6.17. The van der Waals surface area contributed by atoms with Crippen LogP contribution in [0.25, 0.3) is 22.8 Å². The summed E-state index contributed by atoms with van der Waals surface area (Å²) in [5.74, 6) is -0.0608. The lowest BCUT2D eigenvalue weighted by atomic mass is 10.1. The van der Waals surface area contributed by atoms with Gasteiger partial charge in [-0.2, -0.15) is 4.98 Å². The topological polar surface area (TPSA) is 64.9 Å². The first kappa shape index (κ1) is 12.6. The minimum Gasteiger partial charge on any atom is -0.398 e. The van der Waals surface area contributed by atoms with Crippen LogP contribution < -0.4 is 5.73 Å². The van der Waals surface area contributed by atoms with Gasteiger partial charge in [0, 0.05) is 11.3 Å². The third kappa shape index (κ3) is 2.12. The molecule has 0 aliphatic heterocycles. The van der Waals surface area contributed by atoms with Crippen LogP contribution in [0, 0.1) is 5.82 Å². The van der Waals surface area contributed by atoms with E-state index in [1.807, 2.05) is 12.1 Å². The fourth-order valence-corrected chi connectivity index (χ4v) is 2.02. The molecule has 0 aliphatic carbocycles. The molecule has 100 valence electrons. The Labute approximate surface area is 119 Å². The molecule has 1 heterocycles. The molecule has 0 bridgehead atoms. The van der Waals surface area contributed by atoms with E-state index in [2.05, 4.69) is 10.1 Å². The van der Waals surface area contributed by atoms with E-state index >= 15 is 0 Å². The fourth-order valence-electron chi connectivity index (χ4n) is 1.81. The number of nitrogens with two attached hydrogens (primary N) is 1. The van der Waals surface area contributed by atoms with Crippen LogP contribution >= 0.6 is 11.6 Å². The van der Waals surface area contributed by atoms with Crippen LogP contribution in [0.5, 0.6) is 0 Å². The van der Waals surface area contributed by atoms with Gasteiger partial charge in [-0.1, -0.05) is 35.0 Å². The molecular formula is C14H9ClFN3O. The van der Waals surface area contributed by atoms with Gasteiger partial charge in [-0.25, -0.2) is 4.39 Å². The summed E-state index contributed by atoms with van der Waals surface area (Å²) in [7, 11) is 0. The summed E-state index contributed by atoms with van der Waals surface area (Å²) in [6.45, 7) is 0. The lowest BCUT2D eigenvalue weighted by molar-refractivity contribution is 0.432. The van der Waals surface area contributed by atoms with Gasteiger partial charge in [0.1, 0.15) is 5.82 Å². The minimum absolute atomic E-state index is 0.0521. The van der Waals surface area contributed by atoms with Gasteiger partial charge in [0.2, 0.25) is 5.82 Å². The SMILES string of the molecule is Nc1ccccc1-c1noc(-c2cccc(F)c2Cl)n1. The average molecular weight is 290 g/mol. The standard InChI is InChI=1S/C14H9ClFN3O/c15-12-9(5-3-6-10(12)16)14-18-13(19-20-14)8-4-1-2-7-11(8)17/h1-7H,17H2. The van der Waals surface area contributed by atoms with Gasteiger partial charge >= 0.3 is 0 Å². The van der Waals surface area contributed by atoms with E-state index < -0.39 is 5.82 Å². The second-order valence-corrected chi connectivity index (χ2v) is 4.49. The minimum atomic E-state index is -0.539. The maximum Gasteiger partial charge on any atom is 0.259 e. The van der Waals surface area contributed by atoms with E-state index in [9.17, 15) is 4.39 Å². The molecule has 2 N–H and O–H groups in total. The van der Waals surface area contributed by atoms with E-state index in [-0.39, 0.29) is 10.9 Å². The number of aromatic nitrogens is 2. The molecule has 3 rings (SSSR count). The summed E-state index contributed by atoms with van der Waals surface area (Å²) in [6, 6.07) is 11.5. The van der Waals surface area contributed by atoms with Crippen molar-refractivity contribution in [2.45, 2.75) is 0 Å². The third-order valence-electron chi connectivity index (χ3n) is 2.81. The number of nitrogen functional groups attached to an aromatic ring is 1. The lowest BCUT2D eigenvalue weighted by Crippen LogP contribution is -1.90. The average Bonchev–Trinajstić information content (AvgIpc) is 2.92. The zero-order valence-electron chi connectivity index (χ0n) is 10.2. The number of hydrogen-bond donors (Lipinski definition) is 1. The summed E-state index contributed by atoms with van der Waals surface area (Å²) >= 11 is 5.89. The van der Waals surface area contributed by atoms with E-state index in [0.717, 1.165) is 0 Å². The molecule has 2 aromatic carbocycles. The summed E-state index contributed by atoms with van der Waals surface area (Å²) in [5.41, 5.74) is 7.37. The summed E-state index contributed by atoms with van der Waals surface area (Å²) in [5, 5.41) is 3.80. The van der Waals surface area contributed by atoms with Crippen molar-refractivity contribution in [3.05, 3.63) is 53.3 Å². The molecule has 0 unspecified atom stereocenters. The highest BCUT2D eigenvalue weighted by Crippen LogP contribution is 2.31. The molecule has 0 aliphatic rings. The van der Waals surface area contributed by atoms with Crippen LogP contribution in [0.3, 0.4) is 0 Å². The largest absolute Gasteiger partial charge is 0.398 e. The van der Waals surface area contributed by atoms with Crippen LogP contribution in [0.4, 0.5) is 10.1 Å². The van der Waals surface area contributed by atoms with Crippen molar-refractivity contribution in [3.8, 4) is 22.8 Å². The number of benzene rings is 2. The van der Waals surface area contributed by atoms with Gasteiger partial charge in [-0.05, 0) is 24.3 Å². The number of rotatable bonds is 2. The smallest absolute Gasteiger partial charge is 0.259 e. The van der Waals surface area contributed by atoms with Gasteiger partial charge in [0.05, 0.1) is 10.6 Å². The number of para-hydroxylation sites is 1. The highest BCUT2D eigenvalue weighted by molar-refractivity contribution is 6.33. The maximum absolute atomic E-state index is 13.4. The van der Waals surface area contributed by atoms with E-state index in [0.29, 0.717) is 22.6 Å². The van der Waals surface area contributed by atoms with Crippen molar-refractivity contribution in [2.75, 3.05) is 5.73 Å². The zero-order valence-corrected chi connectivity index (χ0v) is 10.9. The number of halogens is 2. The molecule has 1 aromatic heterocycles. The van der Waals surface area contributed by atoms with Crippen molar-refractivity contribution >= 4 is 17.3 Å². The van der Waals surface area contributed by atoms with E-state index in [4.69, 9.17) is 21.9 Å². The van der Waals surface area contributed by atoms with Gasteiger partial charge in [0.15, 0.2) is 0 Å². The molecule has 0 saturated carbocycles. The monoisotopic (exact) mass is 289 g/mol. The van der Waals surface area contributed by atoms with E-state index in [1.54, 1.807) is 18.2 Å². The fraction of sp³-hybridized carbons (Fsp3) is 0. The molecule has 0 radical (unpaired) electrons. The van der Waals surface area contributed by atoms with Crippen molar-refractivity contribution in [1.82, 2.24) is 10.1 Å². The zero-order chi connectivity index (χ0) is 14.1. The molecule has 0 amide bonds. The number of nitrogens with zero attached hydrogens (tertiary/aromatic N) is 2. The Bertz CT molecular complexity index is 773. The second-order valence-electron chi connectivity index (χ2n) is 4.11. The Morgan fingerprint density at radius 2 is 1.80 bits per heavy atom. The molecule has 0 fully saturated rings. The van der Waals surface area contributed by atoms with Crippen LogP contribution in [0.1, 0.15) is 0 Å². The Morgan fingerprint density at radius 1 is 1.05 bits per heavy atom. The van der Waals surface area contributed by atoms with Crippen molar-refractivity contribution in [1.29, 1.82) is 0 Å². The number of anilines is 1. The normalized spacial score (nSPS) is 10.7. The lowest BCUT2D eigenvalue weighted by Gasteiger charge is -1.99. The van der Waals surface area contributed by atoms with Gasteiger partial charge in [-0.3, -0.25) is 0 Å². The Balaban J connectivity index is 2.07. The Hall–Kier alpha value is -2.40. The van der Waals surface area contributed by atoms with Crippen LogP contribution in [0.15, 0.2) is 47.0 Å². The molecule has 6 heteroatoms. The predicted molar refractivity (Wildman–Crippen MR) is 74.6 cm³/mol. The molecule has 0 atom stereocenters. The molecule has 0 saturated heterocycles. The summed E-state index contributed by atoms with van der Waals surface area (Å²) < 4.78 is 18.5. The third-order valence-corrected chi connectivity index (χ3v) is 3.19. The van der Waals surface area contributed by atoms with Crippen LogP contribution in [-0.4, -0.2) is 10.1 Å². The Kier molecular flexibility index (Phi) is 3.12. The van der Waals surface area contributed by atoms with E-state index in [1.165, 1.54) is 12.1 Å². The van der Waals surface area contributed by atoms with Crippen molar-refractivity contribution in [3.63, 3.8) is 0 Å². The summed E-state index contributed by atoms with van der Waals surface area (Å²) in [6.07, 6.45) is 0. The maximum atomic E-state index is 13.4. The van der Waals surface area contributed by atoms with Crippen molar-refractivity contribution in [2.24, 2.45) is 0 Å². The molecule has 4 nitrogen and oxygen atoms in total. The molecular weight excluding hydrogens is 281 g/mol. The van der Waals surface area contributed by atoms with Crippen LogP contribution in [0.2, 0.25) is 5.02 Å². The first-order valence-electron chi connectivity index (χ1n) is 5.80. The molecule has 20 heavy (non-hydrogen) atoms. The number of hydrogen-bond acceptors (Lipinski definition) is 4. The Morgan fingerprint density at radius 3 is 2.60 bits per heavy atom. The highest BCUT2D eigenvalue weighted by atomic mass is 35.5. The first-order chi connectivity index (χ1) is 9.66. The molecule has 3 aromatic rings. The molecule has 0 spiro atoms. The summed E-state index contributed by atoms with van der Waals surface area (Å²) in [4.78, 5) is 4.20. The highest BCUT2D eigenvalue weighted by Gasteiger charge is 2.16.